The minimum absolute atomic E-state index is 0.307. The van der Waals surface area contributed by atoms with E-state index in [-0.39, 0.29) is 5.56 Å². The van der Waals surface area contributed by atoms with Gasteiger partial charge < -0.3 is 5.11 Å². The number of nitrogens with zero attached hydrogens (tertiary/aromatic N) is 1. The normalized spacial score (nSPS) is 10.4. The maximum Gasteiger partial charge on any atom is 0.338 e. The number of pyridine rings is 1. The molecule has 0 radical (unpaired) electrons. The number of aromatic nitrogens is 1. The molecule has 2 rings (SSSR count). The number of carboxylic acid groups (broad SMARTS) is 1. The number of hydrogen-bond acceptors (Lipinski definition) is 3. The monoisotopic (exact) mass is 341 g/mol. The van der Waals surface area contributed by atoms with Crippen molar-refractivity contribution in [1.29, 1.82) is 0 Å². The predicted octanol–water partition coefficient (Wildman–Crippen LogP) is 3.97. The molecule has 0 saturated heterocycles. The van der Waals surface area contributed by atoms with Crippen molar-refractivity contribution in [2.24, 2.45) is 0 Å². The minimum atomic E-state index is -1.26. The molecule has 1 aromatic heterocycles. The number of carboxylic acids is 1. The molecule has 6 heteroatoms. The van der Waals surface area contributed by atoms with E-state index in [2.05, 4.69) is 20.9 Å². The Kier molecular flexibility index (Phi) is 4.55. The Bertz CT molecular complexity index is 621. The highest BCUT2D eigenvalue weighted by molar-refractivity contribution is 9.10. The van der Waals surface area contributed by atoms with Crippen LogP contribution in [0.3, 0.4) is 0 Å². The van der Waals surface area contributed by atoms with Crippen LogP contribution in [0.25, 0.3) is 0 Å². The predicted molar refractivity (Wildman–Crippen MR) is 74.9 cm³/mol. The van der Waals surface area contributed by atoms with Gasteiger partial charge in [-0.05, 0) is 39.7 Å². The van der Waals surface area contributed by atoms with Gasteiger partial charge in [0.25, 0.3) is 0 Å². The molecule has 0 amide bonds. The summed E-state index contributed by atoms with van der Waals surface area (Å²) >= 11 is 4.70. The smallest absolute Gasteiger partial charge is 0.338 e. The highest BCUT2D eigenvalue weighted by Gasteiger charge is 2.14. The third kappa shape index (κ3) is 3.33. The molecule has 0 atom stereocenters. The summed E-state index contributed by atoms with van der Waals surface area (Å²) in [4.78, 5) is 15.0. The fourth-order valence-corrected chi connectivity index (χ4v) is 2.93. The summed E-state index contributed by atoms with van der Waals surface area (Å²) < 4.78 is 14.7. The standard InChI is InChI=1S/C13H9BrFNO2S/c14-10-5-2-6-16-12(10)19-7-8-3-1-4-9(11(8)15)13(17)18/h1-6H,7H2,(H,17,18). The van der Waals surface area contributed by atoms with Gasteiger partial charge in [-0.15, -0.1) is 11.8 Å². The molecule has 1 heterocycles. The van der Waals surface area contributed by atoms with Crippen molar-refractivity contribution in [2.75, 3.05) is 0 Å². The molecule has 2 aromatic rings. The van der Waals surface area contributed by atoms with Crippen molar-refractivity contribution in [3.63, 3.8) is 0 Å². The maximum atomic E-state index is 13.9. The van der Waals surface area contributed by atoms with Gasteiger partial charge in [0.15, 0.2) is 0 Å². The summed E-state index contributed by atoms with van der Waals surface area (Å²) in [6, 6.07) is 8.00. The molecule has 0 spiro atoms. The van der Waals surface area contributed by atoms with Gasteiger partial charge in [-0.3, -0.25) is 0 Å². The number of aromatic carboxylic acids is 1. The summed E-state index contributed by atoms with van der Waals surface area (Å²) in [5, 5.41) is 9.59. The van der Waals surface area contributed by atoms with Crippen molar-refractivity contribution in [3.8, 4) is 0 Å². The molecule has 1 N–H and O–H groups in total. The SMILES string of the molecule is O=C(O)c1cccc(CSc2ncccc2Br)c1F. The third-order valence-electron chi connectivity index (χ3n) is 2.40. The lowest BCUT2D eigenvalue weighted by atomic mass is 10.1. The summed E-state index contributed by atoms with van der Waals surface area (Å²) in [6.07, 6.45) is 1.65. The van der Waals surface area contributed by atoms with Crippen LogP contribution in [0.5, 0.6) is 0 Å². The van der Waals surface area contributed by atoms with E-state index in [1.54, 1.807) is 18.3 Å². The Hall–Kier alpha value is -1.40. The van der Waals surface area contributed by atoms with Crippen molar-refractivity contribution in [3.05, 3.63) is 57.9 Å². The van der Waals surface area contributed by atoms with Gasteiger partial charge in [-0.1, -0.05) is 12.1 Å². The fourth-order valence-electron chi connectivity index (χ4n) is 1.48. The van der Waals surface area contributed by atoms with Crippen LogP contribution < -0.4 is 0 Å². The molecule has 0 aliphatic heterocycles. The molecule has 0 fully saturated rings. The second kappa shape index (κ2) is 6.16. The summed E-state index contributed by atoms with van der Waals surface area (Å²) in [7, 11) is 0. The zero-order valence-electron chi connectivity index (χ0n) is 9.64. The summed E-state index contributed by atoms with van der Waals surface area (Å²) in [6.45, 7) is 0. The van der Waals surface area contributed by atoms with Crippen LogP contribution in [-0.2, 0) is 5.75 Å². The first kappa shape index (κ1) is 14.0. The van der Waals surface area contributed by atoms with Crippen LogP contribution in [0.1, 0.15) is 15.9 Å². The lowest BCUT2D eigenvalue weighted by Crippen LogP contribution is -2.03. The van der Waals surface area contributed by atoms with E-state index in [1.165, 1.54) is 23.9 Å². The van der Waals surface area contributed by atoms with Crippen molar-refractivity contribution >= 4 is 33.7 Å². The Morgan fingerprint density at radius 1 is 1.37 bits per heavy atom. The second-order valence-corrected chi connectivity index (χ2v) is 5.48. The topological polar surface area (TPSA) is 50.2 Å². The Morgan fingerprint density at radius 3 is 2.84 bits per heavy atom. The van der Waals surface area contributed by atoms with Gasteiger partial charge in [0, 0.05) is 16.4 Å². The number of benzene rings is 1. The van der Waals surface area contributed by atoms with Gasteiger partial charge in [0.1, 0.15) is 10.8 Å². The molecule has 98 valence electrons. The number of thioether (sulfide) groups is 1. The zero-order chi connectivity index (χ0) is 13.8. The van der Waals surface area contributed by atoms with Crippen LogP contribution in [-0.4, -0.2) is 16.1 Å². The number of rotatable bonds is 4. The highest BCUT2D eigenvalue weighted by atomic mass is 79.9. The average Bonchev–Trinajstić information content (AvgIpc) is 2.39. The summed E-state index contributed by atoms with van der Waals surface area (Å²) in [5.74, 6) is -1.62. The van der Waals surface area contributed by atoms with Crippen molar-refractivity contribution in [1.82, 2.24) is 4.98 Å². The van der Waals surface area contributed by atoms with Crippen molar-refractivity contribution < 1.29 is 14.3 Å². The van der Waals surface area contributed by atoms with Gasteiger partial charge in [-0.25, -0.2) is 14.2 Å². The molecule has 0 aliphatic carbocycles. The molecule has 1 aromatic carbocycles. The van der Waals surface area contributed by atoms with Crippen LogP contribution >= 0.6 is 27.7 Å². The fraction of sp³-hybridized carbons (Fsp3) is 0.0769. The van der Waals surface area contributed by atoms with E-state index in [4.69, 9.17) is 5.11 Å². The van der Waals surface area contributed by atoms with Gasteiger partial charge >= 0.3 is 5.97 Å². The molecular weight excluding hydrogens is 333 g/mol. The number of carbonyl (C=O) groups is 1. The molecule has 3 nitrogen and oxygen atoms in total. The van der Waals surface area contributed by atoms with Crippen LogP contribution in [0.2, 0.25) is 0 Å². The van der Waals surface area contributed by atoms with E-state index >= 15 is 0 Å². The van der Waals surface area contributed by atoms with Gasteiger partial charge in [-0.2, -0.15) is 0 Å². The molecule has 0 unspecified atom stereocenters. The number of halogens is 2. The van der Waals surface area contributed by atoms with E-state index in [9.17, 15) is 9.18 Å². The molecule has 19 heavy (non-hydrogen) atoms. The Balaban J connectivity index is 2.19. The van der Waals surface area contributed by atoms with Crippen LogP contribution in [0, 0.1) is 5.82 Å². The quantitative estimate of drug-likeness (QED) is 0.854. The zero-order valence-corrected chi connectivity index (χ0v) is 12.0. The highest BCUT2D eigenvalue weighted by Crippen LogP contribution is 2.28. The first-order chi connectivity index (χ1) is 9.09. The van der Waals surface area contributed by atoms with E-state index in [0.717, 1.165) is 9.50 Å². The lowest BCUT2D eigenvalue weighted by Gasteiger charge is -2.06. The van der Waals surface area contributed by atoms with Gasteiger partial charge in [0.2, 0.25) is 0 Å². The largest absolute Gasteiger partial charge is 0.478 e. The number of hydrogen-bond donors (Lipinski definition) is 1. The Morgan fingerprint density at radius 2 is 2.16 bits per heavy atom. The lowest BCUT2D eigenvalue weighted by molar-refractivity contribution is 0.0691. The van der Waals surface area contributed by atoms with Gasteiger partial charge in [0.05, 0.1) is 5.56 Å². The molecule has 0 saturated carbocycles. The second-order valence-electron chi connectivity index (χ2n) is 3.66. The summed E-state index contributed by atoms with van der Waals surface area (Å²) in [5.41, 5.74) is 0.0423. The van der Waals surface area contributed by atoms with E-state index in [0.29, 0.717) is 11.3 Å². The molecular formula is C13H9BrFNO2S. The third-order valence-corrected chi connectivity index (χ3v) is 4.35. The van der Waals surface area contributed by atoms with Crippen molar-refractivity contribution in [2.45, 2.75) is 10.8 Å². The first-order valence-electron chi connectivity index (χ1n) is 5.33. The minimum Gasteiger partial charge on any atom is -0.478 e. The van der Waals surface area contributed by atoms with E-state index < -0.39 is 11.8 Å². The first-order valence-corrected chi connectivity index (χ1v) is 7.11. The molecule has 0 aliphatic rings. The van der Waals surface area contributed by atoms with E-state index in [1.807, 2.05) is 6.07 Å². The van der Waals surface area contributed by atoms with Crippen LogP contribution in [0.15, 0.2) is 46.0 Å². The average molecular weight is 342 g/mol. The Labute approximate surface area is 122 Å². The molecule has 0 bridgehead atoms. The van der Waals surface area contributed by atoms with Crippen LogP contribution in [0.4, 0.5) is 4.39 Å². The maximum absolute atomic E-state index is 13.9.